The topological polar surface area (TPSA) is 65.8 Å². The van der Waals surface area contributed by atoms with Gasteiger partial charge in [0.15, 0.2) is 0 Å². The van der Waals surface area contributed by atoms with Gasteiger partial charge in [0.05, 0.1) is 22.0 Å². The molecule has 0 radical (unpaired) electrons. The molecule has 0 fully saturated rings. The lowest BCUT2D eigenvalue weighted by Crippen LogP contribution is -2.12. The lowest BCUT2D eigenvalue weighted by Gasteiger charge is -2.06. The molecular weight excluding hydrogens is 265 g/mol. The SMILES string of the molecule is Cc1nc(C)c(C(=O)Nc2ccc(F)cc2C#N)s1. The number of hydrogen-bond acceptors (Lipinski definition) is 4. The Hall–Kier alpha value is -2.26. The van der Waals surface area contributed by atoms with E-state index in [1.807, 2.05) is 13.0 Å². The highest BCUT2D eigenvalue weighted by molar-refractivity contribution is 7.13. The lowest BCUT2D eigenvalue weighted by atomic mass is 10.2. The summed E-state index contributed by atoms with van der Waals surface area (Å²) in [6.45, 7) is 3.56. The van der Waals surface area contributed by atoms with Crippen molar-refractivity contribution in [1.29, 1.82) is 5.26 Å². The number of carbonyl (C=O) groups excluding carboxylic acids is 1. The molecule has 96 valence electrons. The van der Waals surface area contributed by atoms with Gasteiger partial charge < -0.3 is 5.32 Å². The summed E-state index contributed by atoms with van der Waals surface area (Å²) in [7, 11) is 0. The van der Waals surface area contributed by atoms with E-state index < -0.39 is 5.82 Å². The molecule has 4 nitrogen and oxygen atoms in total. The van der Waals surface area contributed by atoms with E-state index in [9.17, 15) is 9.18 Å². The molecule has 1 aromatic carbocycles. The molecule has 0 aliphatic heterocycles. The number of amides is 1. The summed E-state index contributed by atoms with van der Waals surface area (Å²) in [5, 5.41) is 12.3. The normalized spacial score (nSPS) is 10.0. The smallest absolute Gasteiger partial charge is 0.267 e. The van der Waals surface area contributed by atoms with Gasteiger partial charge in [0.1, 0.15) is 16.8 Å². The van der Waals surface area contributed by atoms with Crippen LogP contribution in [0.25, 0.3) is 0 Å². The Morgan fingerprint density at radius 2 is 2.21 bits per heavy atom. The number of nitriles is 1. The van der Waals surface area contributed by atoms with Gasteiger partial charge in [-0.1, -0.05) is 0 Å². The highest BCUT2D eigenvalue weighted by Crippen LogP contribution is 2.21. The molecule has 0 spiro atoms. The Morgan fingerprint density at radius 3 is 2.79 bits per heavy atom. The van der Waals surface area contributed by atoms with Gasteiger partial charge >= 0.3 is 0 Å². The number of halogens is 1. The van der Waals surface area contributed by atoms with Crippen molar-refractivity contribution in [2.45, 2.75) is 13.8 Å². The second-order valence-electron chi connectivity index (χ2n) is 3.90. The van der Waals surface area contributed by atoms with Crippen molar-refractivity contribution in [3.05, 3.63) is 45.2 Å². The molecule has 0 aliphatic carbocycles. The average Bonchev–Trinajstić information content (AvgIpc) is 2.70. The number of hydrogen-bond donors (Lipinski definition) is 1. The fraction of sp³-hybridized carbons (Fsp3) is 0.154. The molecule has 0 atom stereocenters. The van der Waals surface area contributed by atoms with Crippen molar-refractivity contribution in [1.82, 2.24) is 4.98 Å². The highest BCUT2D eigenvalue weighted by Gasteiger charge is 2.15. The Kier molecular flexibility index (Phi) is 3.58. The van der Waals surface area contributed by atoms with Crippen molar-refractivity contribution in [2.75, 3.05) is 5.32 Å². The summed E-state index contributed by atoms with van der Waals surface area (Å²) >= 11 is 1.28. The van der Waals surface area contributed by atoms with Crippen LogP contribution in [0.1, 0.15) is 25.9 Å². The van der Waals surface area contributed by atoms with E-state index in [0.29, 0.717) is 16.3 Å². The molecule has 0 bridgehead atoms. The fourth-order valence-corrected chi connectivity index (χ4v) is 2.45. The monoisotopic (exact) mass is 275 g/mol. The van der Waals surface area contributed by atoms with E-state index in [-0.39, 0.29) is 11.5 Å². The number of nitrogens with one attached hydrogen (secondary N) is 1. The highest BCUT2D eigenvalue weighted by atomic mass is 32.1. The predicted molar refractivity (Wildman–Crippen MR) is 70.7 cm³/mol. The van der Waals surface area contributed by atoms with Gasteiger partial charge in [-0.3, -0.25) is 4.79 Å². The van der Waals surface area contributed by atoms with Crippen LogP contribution in [-0.4, -0.2) is 10.9 Å². The number of rotatable bonds is 2. The first-order valence-electron chi connectivity index (χ1n) is 5.46. The van der Waals surface area contributed by atoms with Gasteiger partial charge in [-0.05, 0) is 32.0 Å². The van der Waals surface area contributed by atoms with Gasteiger partial charge in [-0.15, -0.1) is 11.3 Å². The Labute approximate surface area is 113 Å². The zero-order chi connectivity index (χ0) is 14.0. The molecule has 1 amide bonds. The Bertz CT molecular complexity index is 688. The fourth-order valence-electron chi connectivity index (χ4n) is 1.64. The maximum Gasteiger partial charge on any atom is 0.267 e. The van der Waals surface area contributed by atoms with Crippen molar-refractivity contribution >= 4 is 22.9 Å². The summed E-state index contributed by atoms with van der Waals surface area (Å²) in [4.78, 5) is 16.7. The summed E-state index contributed by atoms with van der Waals surface area (Å²) in [6, 6.07) is 5.50. The van der Waals surface area contributed by atoms with Crippen LogP contribution >= 0.6 is 11.3 Å². The molecule has 0 saturated carbocycles. The third kappa shape index (κ3) is 2.77. The Morgan fingerprint density at radius 1 is 1.47 bits per heavy atom. The minimum Gasteiger partial charge on any atom is -0.320 e. The second-order valence-corrected chi connectivity index (χ2v) is 5.11. The number of anilines is 1. The predicted octanol–water partition coefficient (Wildman–Crippen LogP) is 3.02. The molecular formula is C13H10FN3OS. The minimum absolute atomic E-state index is 0.0900. The van der Waals surface area contributed by atoms with Crippen molar-refractivity contribution in [2.24, 2.45) is 0 Å². The van der Waals surface area contributed by atoms with Crippen LogP contribution in [0.15, 0.2) is 18.2 Å². The number of thiazole rings is 1. The van der Waals surface area contributed by atoms with E-state index in [0.717, 1.165) is 11.1 Å². The average molecular weight is 275 g/mol. The first-order chi connectivity index (χ1) is 9.01. The molecule has 0 saturated heterocycles. The molecule has 0 unspecified atom stereocenters. The molecule has 1 N–H and O–H groups in total. The standard InChI is InChI=1S/C13H10FN3OS/c1-7-12(19-8(2)16-7)13(18)17-11-4-3-10(14)5-9(11)6-15/h3-5H,1-2H3,(H,17,18). The van der Waals surface area contributed by atoms with E-state index in [1.165, 1.54) is 23.5 Å². The van der Waals surface area contributed by atoms with Crippen LogP contribution in [-0.2, 0) is 0 Å². The zero-order valence-electron chi connectivity index (χ0n) is 10.3. The Balaban J connectivity index is 2.29. The number of nitrogens with zero attached hydrogens (tertiary/aromatic N) is 2. The molecule has 2 rings (SSSR count). The molecule has 2 aromatic rings. The van der Waals surface area contributed by atoms with Crippen LogP contribution in [0.3, 0.4) is 0 Å². The van der Waals surface area contributed by atoms with Gasteiger partial charge in [0.25, 0.3) is 5.91 Å². The lowest BCUT2D eigenvalue weighted by molar-refractivity contribution is 0.102. The summed E-state index contributed by atoms with van der Waals surface area (Å²) < 4.78 is 13.0. The number of aromatic nitrogens is 1. The minimum atomic E-state index is -0.514. The third-order valence-corrected chi connectivity index (χ3v) is 3.53. The van der Waals surface area contributed by atoms with E-state index in [1.54, 1.807) is 6.92 Å². The number of benzene rings is 1. The van der Waals surface area contributed by atoms with Crippen LogP contribution in [0.4, 0.5) is 10.1 Å². The van der Waals surface area contributed by atoms with Gasteiger partial charge in [0, 0.05) is 0 Å². The van der Waals surface area contributed by atoms with Crippen LogP contribution in [0.5, 0.6) is 0 Å². The third-order valence-electron chi connectivity index (χ3n) is 2.46. The number of carbonyl (C=O) groups is 1. The van der Waals surface area contributed by atoms with E-state index >= 15 is 0 Å². The van der Waals surface area contributed by atoms with Crippen molar-refractivity contribution in [3.63, 3.8) is 0 Å². The maximum atomic E-state index is 13.0. The summed E-state index contributed by atoms with van der Waals surface area (Å²) in [6.07, 6.45) is 0. The quantitative estimate of drug-likeness (QED) is 0.916. The molecule has 19 heavy (non-hydrogen) atoms. The number of aryl methyl sites for hydroxylation is 2. The van der Waals surface area contributed by atoms with Crippen LogP contribution < -0.4 is 5.32 Å². The van der Waals surface area contributed by atoms with Gasteiger partial charge in [-0.2, -0.15) is 5.26 Å². The molecule has 0 aliphatic rings. The summed E-state index contributed by atoms with van der Waals surface area (Å²) in [5.74, 6) is -0.856. The van der Waals surface area contributed by atoms with Crippen molar-refractivity contribution < 1.29 is 9.18 Å². The van der Waals surface area contributed by atoms with Crippen LogP contribution in [0.2, 0.25) is 0 Å². The first kappa shape index (κ1) is 13.2. The maximum absolute atomic E-state index is 13.0. The first-order valence-corrected chi connectivity index (χ1v) is 6.28. The second kappa shape index (κ2) is 5.16. The van der Waals surface area contributed by atoms with E-state index in [4.69, 9.17) is 5.26 Å². The molecule has 1 heterocycles. The van der Waals surface area contributed by atoms with E-state index in [2.05, 4.69) is 10.3 Å². The largest absolute Gasteiger partial charge is 0.320 e. The molecule has 1 aromatic heterocycles. The summed E-state index contributed by atoms with van der Waals surface area (Å²) in [5.41, 5.74) is 1.02. The van der Waals surface area contributed by atoms with Gasteiger partial charge in [0.2, 0.25) is 0 Å². The zero-order valence-corrected chi connectivity index (χ0v) is 11.1. The van der Waals surface area contributed by atoms with Crippen molar-refractivity contribution in [3.8, 4) is 6.07 Å². The molecule has 6 heteroatoms. The van der Waals surface area contributed by atoms with Crippen LogP contribution in [0, 0.1) is 31.0 Å². The van der Waals surface area contributed by atoms with Gasteiger partial charge in [-0.25, -0.2) is 9.37 Å².